The van der Waals surface area contributed by atoms with Crippen molar-refractivity contribution in [3.05, 3.63) is 46.5 Å². The minimum Gasteiger partial charge on any atom is -0.454 e. The molecule has 4 aliphatic heterocycles. The summed E-state index contributed by atoms with van der Waals surface area (Å²) in [6.45, 7) is 8.44. The van der Waals surface area contributed by atoms with Crippen LogP contribution in [0.15, 0.2) is 24.3 Å². The van der Waals surface area contributed by atoms with E-state index in [1.54, 1.807) is 0 Å². The number of rotatable bonds is 3. The highest BCUT2D eigenvalue weighted by Gasteiger charge is 2.40. The van der Waals surface area contributed by atoms with Gasteiger partial charge in [-0.1, -0.05) is 26.0 Å². The molecule has 0 radical (unpaired) electrons. The van der Waals surface area contributed by atoms with Crippen LogP contribution in [0, 0.1) is 11.8 Å². The second-order valence-electron chi connectivity index (χ2n) is 12.6. The lowest BCUT2D eigenvalue weighted by Crippen LogP contribution is -2.51. The summed E-state index contributed by atoms with van der Waals surface area (Å²) in [5.41, 5.74) is 5.56. The molecule has 7 heteroatoms. The molecule has 2 aliphatic carbocycles. The minimum absolute atomic E-state index is 0.300. The third kappa shape index (κ3) is 4.94. The van der Waals surface area contributed by atoms with Gasteiger partial charge in [0.05, 0.1) is 0 Å². The Kier molecular flexibility index (Phi) is 7.48. The Bertz CT molecular complexity index is 1290. The Morgan fingerprint density at radius 1 is 0.756 bits per heavy atom. The minimum atomic E-state index is 0.300. The van der Waals surface area contributed by atoms with Crippen molar-refractivity contribution in [2.45, 2.75) is 90.1 Å². The van der Waals surface area contributed by atoms with E-state index in [1.807, 2.05) is 13.0 Å². The van der Waals surface area contributed by atoms with Gasteiger partial charge in [-0.15, -0.1) is 0 Å². The second kappa shape index (κ2) is 11.4. The molecule has 8 rings (SSSR count). The number of nitrogens with zero attached hydrogens (tertiary/aromatic N) is 2. The standard InChI is InChI=1S/C17H21NO3.C17H23NO2/c1-2-16(19)18-7-3-4-12-8-13-11(9-14(12)18)5-6-15-17(13)21-10-20-15;1-2-7-18-8-3-4-13-9-14-12(10-15(13)18)5-6-16-17(14)20-11-19-16/h5-6,12,14H,2-4,7-10H2,1H3;5-6,13,15H,2-4,7-11H2,1H3/t;13-,15?/m.0/s1. The Morgan fingerprint density at radius 2 is 1.34 bits per heavy atom. The van der Waals surface area contributed by atoms with E-state index in [2.05, 4.69) is 34.9 Å². The Labute approximate surface area is 244 Å². The average Bonchev–Trinajstić information content (AvgIpc) is 3.70. The van der Waals surface area contributed by atoms with Gasteiger partial charge < -0.3 is 23.8 Å². The van der Waals surface area contributed by atoms with E-state index in [0.717, 1.165) is 60.8 Å². The Balaban J connectivity index is 0.000000135. The summed E-state index contributed by atoms with van der Waals surface area (Å²) in [5.74, 6) is 5.48. The molecular weight excluding hydrogens is 516 g/mol. The molecule has 220 valence electrons. The van der Waals surface area contributed by atoms with Gasteiger partial charge in [0.15, 0.2) is 23.0 Å². The number of ether oxygens (including phenoxy) is 4. The van der Waals surface area contributed by atoms with Crippen molar-refractivity contribution in [3.8, 4) is 23.0 Å². The van der Waals surface area contributed by atoms with Crippen LogP contribution >= 0.6 is 0 Å². The molecule has 7 nitrogen and oxygen atoms in total. The fraction of sp³-hybridized carbons (Fsp3) is 0.618. The van der Waals surface area contributed by atoms with Crippen LogP contribution in [-0.2, 0) is 30.5 Å². The number of carbonyl (C=O) groups excluding carboxylic acids is 1. The van der Waals surface area contributed by atoms with Gasteiger partial charge >= 0.3 is 0 Å². The predicted molar refractivity (Wildman–Crippen MR) is 157 cm³/mol. The highest BCUT2D eigenvalue weighted by molar-refractivity contribution is 5.76. The largest absolute Gasteiger partial charge is 0.454 e. The molecule has 1 amide bonds. The van der Waals surface area contributed by atoms with Crippen molar-refractivity contribution >= 4 is 5.91 Å². The molecular formula is C34H44N2O5. The van der Waals surface area contributed by atoms with E-state index in [4.69, 9.17) is 18.9 Å². The molecule has 4 heterocycles. The lowest BCUT2D eigenvalue weighted by molar-refractivity contribution is -0.136. The number of carbonyl (C=O) groups is 1. The molecule has 41 heavy (non-hydrogen) atoms. The summed E-state index contributed by atoms with van der Waals surface area (Å²) in [6, 6.07) is 9.64. The maximum absolute atomic E-state index is 12.2. The topological polar surface area (TPSA) is 60.5 Å². The van der Waals surface area contributed by atoms with Crippen molar-refractivity contribution in [1.29, 1.82) is 0 Å². The zero-order valence-corrected chi connectivity index (χ0v) is 24.7. The van der Waals surface area contributed by atoms with Crippen LogP contribution in [-0.4, -0.2) is 61.0 Å². The molecule has 2 fully saturated rings. The molecule has 0 saturated carbocycles. The first-order valence-corrected chi connectivity index (χ1v) is 16.0. The van der Waals surface area contributed by atoms with Crippen molar-refractivity contribution in [2.24, 2.45) is 11.8 Å². The first-order chi connectivity index (χ1) is 20.1. The molecule has 0 bridgehead atoms. The SMILES string of the molecule is CCC(=O)N1CCCC2Cc3c(ccc4c3OCO4)CC21.CCCN1CCC[C@H]2Cc3c(ccc4c3OCO4)CC21. The molecule has 4 atom stereocenters. The van der Waals surface area contributed by atoms with E-state index in [-0.39, 0.29) is 0 Å². The zero-order valence-electron chi connectivity index (χ0n) is 24.7. The van der Waals surface area contributed by atoms with Crippen molar-refractivity contribution in [2.75, 3.05) is 33.2 Å². The van der Waals surface area contributed by atoms with Gasteiger partial charge in [-0.2, -0.15) is 0 Å². The Hall–Kier alpha value is -2.93. The lowest BCUT2D eigenvalue weighted by atomic mass is 9.75. The average molecular weight is 561 g/mol. The molecule has 0 aromatic heterocycles. The van der Waals surface area contributed by atoms with Crippen LogP contribution in [0.3, 0.4) is 0 Å². The maximum Gasteiger partial charge on any atom is 0.231 e. The smallest absolute Gasteiger partial charge is 0.231 e. The summed E-state index contributed by atoms with van der Waals surface area (Å²) in [6.07, 6.45) is 11.3. The zero-order chi connectivity index (χ0) is 27.9. The summed E-state index contributed by atoms with van der Waals surface area (Å²) in [7, 11) is 0. The van der Waals surface area contributed by atoms with E-state index >= 15 is 0 Å². The summed E-state index contributed by atoms with van der Waals surface area (Å²) in [5, 5.41) is 0. The van der Waals surface area contributed by atoms with Gasteiger partial charge in [0.2, 0.25) is 19.5 Å². The number of hydrogen-bond acceptors (Lipinski definition) is 6. The second-order valence-corrected chi connectivity index (χ2v) is 12.6. The van der Waals surface area contributed by atoms with Crippen LogP contribution in [0.25, 0.3) is 0 Å². The number of benzene rings is 2. The summed E-state index contributed by atoms with van der Waals surface area (Å²) < 4.78 is 22.4. The van der Waals surface area contributed by atoms with Gasteiger partial charge in [0, 0.05) is 36.2 Å². The Morgan fingerprint density at radius 3 is 1.95 bits per heavy atom. The molecule has 2 aromatic rings. The fourth-order valence-corrected chi connectivity index (χ4v) is 8.42. The van der Waals surface area contributed by atoms with E-state index in [9.17, 15) is 4.79 Å². The quantitative estimate of drug-likeness (QED) is 0.492. The highest BCUT2D eigenvalue weighted by atomic mass is 16.7. The van der Waals surface area contributed by atoms with Crippen LogP contribution in [0.2, 0.25) is 0 Å². The van der Waals surface area contributed by atoms with E-state index in [0.29, 0.717) is 37.9 Å². The van der Waals surface area contributed by atoms with Crippen molar-refractivity contribution in [1.82, 2.24) is 9.80 Å². The third-order valence-corrected chi connectivity index (χ3v) is 10.4. The first-order valence-electron chi connectivity index (χ1n) is 16.0. The predicted octanol–water partition coefficient (Wildman–Crippen LogP) is 5.54. The van der Waals surface area contributed by atoms with Crippen LogP contribution in [0.4, 0.5) is 0 Å². The molecule has 0 spiro atoms. The lowest BCUT2D eigenvalue weighted by Gasteiger charge is -2.44. The maximum atomic E-state index is 12.2. The van der Waals surface area contributed by atoms with Gasteiger partial charge in [-0.25, -0.2) is 0 Å². The van der Waals surface area contributed by atoms with Crippen molar-refractivity contribution < 1.29 is 23.7 Å². The van der Waals surface area contributed by atoms with Crippen molar-refractivity contribution in [3.63, 3.8) is 0 Å². The monoisotopic (exact) mass is 560 g/mol. The fourth-order valence-electron chi connectivity index (χ4n) is 8.42. The first kappa shape index (κ1) is 26.9. The third-order valence-electron chi connectivity index (χ3n) is 10.4. The molecule has 2 aromatic carbocycles. The van der Waals surface area contributed by atoms with Crippen LogP contribution in [0.5, 0.6) is 23.0 Å². The normalized spacial score (nSPS) is 27.1. The number of hydrogen-bond donors (Lipinski definition) is 0. The van der Waals surface area contributed by atoms with Gasteiger partial charge in [0.1, 0.15) is 0 Å². The molecule has 0 N–H and O–H groups in total. The number of fused-ring (bicyclic) bond motifs is 8. The van der Waals surface area contributed by atoms with Gasteiger partial charge in [-0.05, 0) is 106 Å². The summed E-state index contributed by atoms with van der Waals surface area (Å²) >= 11 is 0. The van der Waals surface area contributed by atoms with Crippen LogP contribution < -0.4 is 18.9 Å². The number of likely N-dealkylation sites (tertiary alicyclic amines) is 2. The highest BCUT2D eigenvalue weighted by Crippen LogP contribution is 2.46. The van der Waals surface area contributed by atoms with Gasteiger partial charge in [0.25, 0.3) is 0 Å². The molecule has 3 unspecified atom stereocenters. The summed E-state index contributed by atoms with van der Waals surface area (Å²) in [4.78, 5) is 17.1. The number of piperidine rings is 2. The van der Waals surface area contributed by atoms with E-state index in [1.165, 1.54) is 73.9 Å². The number of amides is 1. The molecule has 6 aliphatic rings. The van der Waals surface area contributed by atoms with Gasteiger partial charge in [-0.3, -0.25) is 9.69 Å². The van der Waals surface area contributed by atoms with E-state index < -0.39 is 0 Å². The molecule has 2 saturated heterocycles. The van der Waals surface area contributed by atoms with Crippen LogP contribution in [0.1, 0.15) is 74.6 Å².